The number of hydrogen-bond donors (Lipinski definition) is 0. The number of hydrogen-bond acceptors (Lipinski definition) is 3. The van der Waals surface area contributed by atoms with Crippen LogP contribution in [0.5, 0.6) is 0 Å². The van der Waals surface area contributed by atoms with Crippen molar-refractivity contribution in [3.05, 3.63) is 87.2 Å². The molecule has 0 amide bonds. The topological polar surface area (TPSA) is 37.6 Å². The zero-order chi connectivity index (χ0) is 19.4. The van der Waals surface area contributed by atoms with E-state index in [0.29, 0.717) is 16.4 Å². The van der Waals surface area contributed by atoms with Gasteiger partial charge in [0.1, 0.15) is 0 Å². The molecule has 0 N–H and O–H groups in total. The fraction of sp³-hybridized carbons (Fsp3) is 0.174. The van der Waals surface area contributed by atoms with Crippen LogP contribution < -0.4 is 37.2 Å². The second-order valence-corrected chi connectivity index (χ2v) is 7.07. The molecule has 0 bridgehead atoms. The van der Waals surface area contributed by atoms with Crippen LogP contribution in [0.4, 0.5) is 11.4 Å². The van der Waals surface area contributed by atoms with Crippen molar-refractivity contribution in [1.82, 2.24) is 4.98 Å². The Balaban J connectivity index is 0. The largest absolute Gasteiger partial charge is 3.00 e. The van der Waals surface area contributed by atoms with E-state index in [0.717, 1.165) is 33.6 Å². The van der Waals surface area contributed by atoms with Crippen LogP contribution in [0, 0.1) is 27.7 Å². The van der Waals surface area contributed by atoms with E-state index in [4.69, 9.17) is 11.6 Å². The van der Waals surface area contributed by atoms with Gasteiger partial charge in [-0.3, -0.25) is 9.98 Å². The van der Waals surface area contributed by atoms with E-state index in [1.165, 1.54) is 0 Å². The second kappa shape index (κ2) is 14.6. The molecule has 0 saturated carbocycles. The van der Waals surface area contributed by atoms with Gasteiger partial charge >= 0.3 is 16.8 Å². The fourth-order valence-corrected chi connectivity index (χ4v) is 3.17. The summed E-state index contributed by atoms with van der Waals surface area (Å²) in [6.45, 7) is 8.20. The van der Waals surface area contributed by atoms with Gasteiger partial charge in [-0.1, -0.05) is 48.0 Å². The quantitative estimate of drug-likeness (QED) is 0.337. The maximum absolute atomic E-state index is 6.28. The number of pyridine rings is 1. The first-order valence-corrected chi connectivity index (χ1v) is 9.20. The van der Waals surface area contributed by atoms with Crippen molar-refractivity contribution in [2.24, 2.45) is 9.98 Å². The fourth-order valence-electron chi connectivity index (χ4n) is 2.95. The third-order valence-corrected chi connectivity index (χ3v) is 4.58. The monoisotopic (exact) mass is 539 g/mol. The summed E-state index contributed by atoms with van der Waals surface area (Å²) < 4.78 is 0. The Morgan fingerprint density at radius 1 is 0.677 bits per heavy atom. The Morgan fingerprint density at radius 3 is 1.32 bits per heavy atom. The molecule has 0 aliphatic rings. The summed E-state index contributed by atoms with van der Waals surface area (Å²) in [5.41, 5.74) is 7.85. The van der Waals surface area contributed by atoms with Crippen LogP contribution in [0.2, 0.25) is 5.02 Å². The molecule has 3 rings (SSSR count). The molecule has 1 heterocycles. The number of nitrogens with zero attached hydrogens (tertiary/aromatic N) is 3. The molecule has 0 aliphatic heterocycles. The number of benzene rings is 2. The van der Waals surface area contributed by atoms with E-state index in [1.54, 1.807) is 24.6 Å². The van der Waals surface area contributed by atoms with Crippen LogP contribution in [0.1, 0.15) is 33.6 Å². The van der Waals surface area contributed by atoms with Crippen LogP contribution in [-0.2, 0) is 16.8 Å². The number of aryl methyl sites for hydroxylation is 4. The zero-order valence-corrected chi connectivity index (χ0v) is 21.5. The summed E-state index contributed by atoms with van der Waals surface area (Å²) in [6.07, 6.45) is 3.50. The number of para-hydroxylation sites is 2. The minimum Gasteiger partial charge on any atom is -1.00 e. The molecular weight excluding hydrogens is 519 g/mol. The molecule has 3 aromatic rings. The van der Waals surface area contributed by atoms with Crippen molar-refractivity contribution in [2.75, 3.05) is 0 Å². The van der Waals surface area contributed by atoms with Gasteiger partial charge in [0, 0.05) is 5.02 Å². The van der Waals surface area contributed by atoms with E-state index < -0.39 is 0 Å². The number of halogens is 4. The molecule has 2 aromatic carbocycles. The van der Waals surface area contributed by atoms with Gasteiger partial charge in [-0.2, -0.15) is 0 Å². The third-order valence-electron chi connectivity index (χ3n) is 4.36. The summed E-state index contributed by atoms with van der Waals surface area (Å²) in [7, 11) is 0. The summed E-state index contributed by atoms with van der Waals surface area (Å²) in [6, 6.07) is 15.9. The first-order chi connectivity index (χ1) is 12.9. The molecule has 3 nitrogen and oxygen atoms in total. The van der Waals surface area contributed by atoms with E-state index >= 15 is 0 Å². The SMILES string of the molecule is Cc1cccc(C)c1N=Cc1cc(Cl)cc(C=Nc2c(C)cccc2C)n1.[Cl-].[Cl-].[Cl-].[Co+3]. The first-order valence-electron chi connectivity index (χ1n) is 8.82. The maximum Gasteiger partial charge on any atom is 3.00 e. The molecule has 1 aromatic heterocycles. The number of aliphatic imine (C=N–C) groups is 2. The Bertz CT molecular complexity index is 933. The molecule has 0 fully saturated rings. The Hall–Kier alpha value is -1.40. The van der Waals surface area contributed by atoms with Crippen LogP contribution >= 0.6 is 11.6 Å². The Morgan fingerprint density at radius 2 is 1.00 bits per heavy atom. The summed E-state index contributed by atoms with van der Waals surface area (Å²) >= 11 is 6.28. The van der Waals surface area contributed by atoms with Crippen molar-refractivity contribution >= 4 is 35.4 Å². The second-order valence-electron chi connectivity index (χ2n) is 6.63. The van der Waals surface area contributed by atoms with Gasteiger partial charge in [-0.05, 0) is 62.1 Å². The van der Waals surface area contributed by atoms with Crippen LogP contribution in [0.25, 0.3) is 0 Å². The molecule has 0 aliphatic carbocycles. The van der Waals surface area contributed by atoms with Crippen LogP contribution in [-0.4, -0.2) is 17.4 Å². The van der Waals surface area contributed by atoms with Crippen molar-refractivity contribution in [2.45, 2.75) is 27.7 Å². The first kappa shape index (κ1) is 31.8. The van der Waals surface area contributed by atoms with E-state index in [2.05, 4.69) is 15.0 Å². The molecule has 0 saturated heterocycles. The van der Waals surface area contributed by atoms with Gasteiger partial charge in [0.05, 0.1) is 35.2 Å². The Labute approximate surface area is 218 Å². The molecule has 31 heavy (non-hydrogen) atoms. The third kappa shape index (κ3) is 8.57. The molecule has 0 atom stereocenters. The van der Waals surface area contributed by atoms with Crippen molar-refractivity contribution < 1.29 is 54.0 Å². The molecule has 166 valence electrons. The Kier molecular flexibility index (Phi) is 15.0. The zero-order valence-electron chi connectivity index (χ0n) is 17.5. The molecule has 0 spiro atoms. The van der Waals surface area contributed by atoms with E-state index in [1.807, 2.05) is 64.1 Å². The van der Waals surface area contributed by atoms with E-state index in [9.17, 15) is 0 Å². The smallest absolute Gasteiger partial charge is 1.00 e. The minimum atomic E-state index is 0. The predicted octanol–water partition coefficient (Wildman–Crippen LogP) is -2.52. The minimum absolute atomic E-state index is 0. The van der Waals surface area contributed by atoms with Crippen LogP contribution in [0.3, 0.4) is 0 Å². The average Bonchev–Trinajstić information content (AvgIpc) is 2.60. The number of rotatable bonds is 4. The van der Waals surface area contributed by atoms with Gasteiger partial charge in [0.15, 0.2) is 0 Å². The number of aromatic nitrogens is 1. The summed E-state index contributed by atoms with van der Waals surface area (Å²) in [5, 5.41) is 0.607. The summed E-state index contributed by atoms with van der Waals surface area (Å²) in [4.78, 5) is 13.8. The molecule has 0 radical (unpaired) electrons. The van der Waals surface area contributed by atoms with Gasteiger partial charge < -0.3 is 37.2 Å². The van der Waals surface area contributed by atoms with Crippen molar-refractivity contribution in [3.63, 3.8) is 0 Å². The molecular formula is C23H22Cl4CoN3. The summed E-state index contributed by atoms with van der Waals surface area (Å²) in [5.74, 6) is 0. The van der Waals surface area contributed by atoms with Crippen molar-refractivity contribution in [3.8, 4) is 0 Å². The van der Waals surface area contributed by atoms with Gasteiger partial charge in [-0.25, -0.2) is 4.98 Å². The molecule has 8 heteroatoms. The average molecular weight is 541 g/mol. The normalized spacial score (nSPS) is 10.1. The van der Waals surface area contributed by atoms with Gasteiger partial charge in [-0.15, -0.1) is 0 Å². The molecule has 0 unspecified atom stereocenters. The van der Waals surface area contributed by atoms with Crippen LogP contribution in [0.15, 0.2) is 58.5 Å². The van der Waals surface area contributed by atoms with Gasteiger partial charge in [0.2, 0.25) is 0 Å². The van der Waals surface area contributed by atoms with Crippen molar-refractivity contribution in [1.29, 1.82) is 0 Å². The maximum atomic E-state index is 6.28. The van der Waals surface area contributed by atoms with E-state index in [-0.39, 0.29) is 54.0 Å². The predicted molar refractivity (Wildman–Crippen MR) is 116 cm³/mol. The standard InChI is InChI=1S/C23H22ClN3.3ClH.Co/c1-15-7-5-8-16(2)22(15)25-13-20-11-19(24)12-21(27-20)14-26-23-17(3)9-6-10-18(23)4;;;;/h5-14H,1-4H3;3*1H;/q;;;;+3/p-3. The van der Waals surface area contributed by atoms with Gasteiger partial charge in [0.25, 0.3) is 0 Å².